The molecule has 3 aromatic heterocycles. The first-order chi connectivity index (χ1) is 18.6. The summed E-state index contributed by atoms with van der Waals surface area (Å²) in [7, 11) is 0. The lowest BCUT2D eigenvalue weighted by atomic mass is 9.95. The highest BCUT2D eigenvalue weighted by Crippen LogP contribution is 2.46. The van der Waals surface area contributed by atoms with E-state index in [4.69, 9.17) is 32.8 Å². The highest BCUT2D eigenvalue weighted by molar-refractivity contribution is 6.39. The molecule has 200 valence electrons. The third-order valence-corrected chi connectivity index (χ3v) is 7.49. The maximum absolute atomic E-state index is 13.7. The second-order valence-corrected chi connectivity index (χ2v) is 10.5. The quantitative estimate of drug-likeness (QED) is 0.257. The largest absolute Gasteiger partial charge is 0.477 e. The van der Waals surface area contributed by atoms with Crippen LogP contribution in [-0.2, 0) is 6.18 Å². The van der Waals surface area contributed by atoms with E-state index < -0.39 is 23.4 Å². The minimum absolute atomic E-state index is 0.0241. The van der Waals surface area contributed by atoms with Crippen LogP contribution in [-0.4, -0.2) is 39.3 Å². The normalized spacial score (nSPS) is 16.3. The summed E-state index contributed by atoms with van der Waals surface area (Å²) in [5.74, 6) is -0.311. The molecule has 0 bridgehead atoms. The molecule has 39 heavy (non-hydrogen) atoms. The fourth-order valence-corrected chi connectivity index (χ4v) is 5.30. The number of carboxylic acids is 1. The van der Waals surface area contributed by atoms with Gasteiger partial charge < -0.3 is 14.5 Å². The summed E-state index contributed by atoms with van der Waals surface area (Å²) in [4.78, 5) is 21.1. The van der Waals surface area contributed by atoms with Crippen LogP contribution in [0.25, 0.3) is 28.2 Å². The predicted octanol–water partition coefficient (Wildman–Crippen LogP) is 7.34. The zero-order valence-electron chi connectivity index (χ0n) is 20.0. The Bertz CT molecular complexity index is 1620. The first-order valence-corrected chi connectivity index (χ1v) is 12.8. The maximum atomic E-state index is 13.7. The van der Waals surface area contributed by atoms with Crippen LogP contribution < -0.4 is 4.90 Å². The number of carbonyl (C=O) groups is 1. The highest BCUT2D eigenvalue weighted by atomic mass is 35.5. The van der Waals surface area contributed by atoms with Gasteiger partial charge in [-0.05, 0) is 37.1 Å². The van der Waals surface area contributed by atoms with Gasteiger partial charge in [0.1, 0.15) is 17.1 Å². The molecule has 1 saturated heterocycles. The van der Waals surface area contributed by atoms with Crippen molar-refractivity contribution >= 4 is 51.8 Å². The van der Waals surface area contributed by atoms with Gasteiger partial charge in [0.25, 0.3) is 0 Å². The monoisotopic (exact) mass is 574 g/mol. The van der Waals surface area contributed by atoms with E-state index in [9.17, 15) is 18.0 Å². The second-order valence-electron chi connectivity index (χ2n) is 9.65. The minimum atomic E-state index is -4.72. The molecule has 4 aromatic rings. The average Bonchev–Trinajstić information content (AvgIpc) is 3.62. The molecule has 0 atom stereocenters. The van der Waals surface area contributed by atoms with Crippen molar-refractivity contribution in [2.24, 2.45) is 5.92 Å². The summed E-state index contributed by atoms with van der Waals surface area (Å²) in [6.45, 7) is 1.17. The number of anilines is 1. The van der Waals surface area contributed by atoms with E-state index in [0.29, 0.717) is 52.1 Å². The predicted molar refractivity (Wildman–Crippen MR) is 140 cm³/mol. The first-order valence-electron chi connectivity index (χ1n) is 12.1. The van der Waals surface area contributed by atoms with Crippen molar-refractivity contribution in [1.29, 1.82) is 0 Å². The van der Waals surface area contributed by atoms with E-state index in [1.165, 1.54) is 24.5 Å². The number of aromatic carboxylic acids is 1. The Morgan fingerprint density at radius 2 is 1.85 bits per heavy atom. The van der Waals surface area contributed by atoms with E-state index in [0.717, 1.165) is 24.2 Å². The lowest BCUT2D eigenvalue weighted by Gasteiger charge is -2.40. The summed E-state index contributed by atoms with van der Waals surface area (Å²) < 4.78 is 46.8. The molecule has 0 unspecified atom stereocenters. The number of alkyl halides is 3. The lowest BCUT2D eigenvalue weighted by Crippen LogP contribution is -2.45. The fourth-order valence-electron chi connectivity index (χ4n) is 4.76. The van der Waals surface area contributed by atoms with E-state index in [1.54, 1.807) is 6.07 Å². The third kappa shape index (κ3) is 4.83. The average molecular weight is 575 g/mol. The van der Waals surface area contributed by atoms with E-state index in [1.807, 2.05) is 17.1 Å². The number of benzene rings is 1. The van der Waals surface area contributed by atoms with Gasteiger partial charge in [-0.25, -0.2) is 9.78 Å². The van der Waals surface area contributed by atoms with Crippen molar-refractivity contribution < 1.29 is 27.6 Å². The van der Waals surface area contributed by atoms with Crippen molar-refractivity contribution in [2.75, 3.05) is 18.0 Å². The Labute approximate surface area is 229 Å². The molecular weight excluding hydrogens is 556 g/mol. The molecule has 2 aliphatic rings. The van der Waals surface area contributed by atoms with Gasteiger partial charge in [-0.1, -0.05) is 40.5 Å². The zero-order chi connectivity index (χ0) is 27.5. The molecule has 6 rings (SSSR count). The van der Waals surface area contributed by atoms with Gasteiger partial charge >= 0.3 is 12.1 Å². The molecule has 1 saturated carbocycles. The van der Waals surface area contributed by atoms with Crippen LogP contribution in [0, 0.1) is 5.92 Å². The number of nitrogens with zero attached hydrogens (tertiary/aromatic N) is 4. The third-order valence-electron chi connectivity index (χ3n) is 6.92. The van der Waals surface area contributed by atoms with Crippen LogP contribution >= 0.6 is 23.2 Å². The number of rotatable bonds is 6. The van der Waals surface area contributed by atoms with Gasteiger partial charge in [-0.2, -0.15) is 13.2 Å². The molecule has 1 aromatic carbocycles. The van der Waals surface area contributed by atoms with Crippen LogP contribution in [0.15, 0.2) is 47.3 Å². The van der Waals surface area contributed by atoms with Gasteiger partial charge in [-0.15, -0.1) is 0 Å². The standard InChI is InChI=1S/C27H19Cl2F3N4O3/c28-19-9-33-10-20(29)23(19)24-16(25(39-35-24)14-2-3-14)5-1-13-11-36(12-13)15-4-6-21-17(7-15)18(27(30,31)32)8-22(34-21)26(37)38/h1,4-10,13-14H,2-3,11-12H2,(H,37,38). The summed E-state index contributed by atoms with van der Waals surface area (Å²) >= 11 is 12.7. The van der Waals surface area contributed by atoms with Gasteiger partial charge in [0, 0.05) is 59.5 Å². The Balaban J connectivity index is 1.25. The first kappa shape index (κ1) is 25.6. The van der Waals surface area contributed by atoms with Crippen molar-refractivity contribution in [2.45, 2.75) is 24.9 Å². The lowest BCUT2D eigenvalue weighted by molar-refractivity contribution is -0.136. The smallest absolute Gasteiger partial charge is 0.417 e. The number of hydrogen-bond donors (Lipinski definition) is 1. The van der Waals surface area contributed by atoms with Gasteiger partial charge in [0.05, 0.1) is 21.1 Å². The Morgan fingerprint density at radius 1 is 1.13 bits per heavy atom. The maximum Gasteiger partial charge on any atom is 0.417 e. The van der Waals surface area contributed by atoms with Crippen LogP contribution in [0.2, 0.25) is 10.0 Å². The highest BCUT2D eigenvalue weighted by Gasteiger charge is 2.36. The van der Waals surface area contributed by atoms with Crippen molar-refractivity contribution in [3.63, 3.8) is 0 Å². The molecule has 1 aliphatic heterocycles. The summed E-state index contributed by atoms with van der Waals surface area (Å²) in [5, 5.41) is 14.0. The van der Waals surface area contributed by atoms with Gasteiger partial charge in [-0.3, -0.25) is 4.98 Å². The molecule has 12 heteroatoms. The van der Waals surface area contributed by atoms with Crippen LogP contribution in [0.3, 0.4) is 0 Å². The topological polar surface area (TPSA) is 92.3 Å². The van der Waals surface area contributed by atoms with E-state index in [2.05, 4.69) is 15.1 Å². The SMILES string of the molecule is O=C(O)c1cc(C(F)(F)F)c2cc(N3CC(C=Cc4c(-c5c(Cl)cncc5Cl)noc4C4CC4)C3)ccc2n1. The van der Waals surface area contributed by atoms with Crippen molar-refractivity contribution in [1.82, 2.24) is 15.1 Å². The summed E-state index contributed by atoms with van der Waals surface area (Å²) in [5.41, 5.74) is 0.812. The molecule has 2 fully saturated rings. The molecule has 1 N–H and O–H groups in total. The number of hydrogen-bond acceptors (Lipinski definition) is 6. The van der Waals surface area contributed by atoms with E-state index >= 15 is 0 Å². The number of pyridine rings is 2. The van der Waals surface area contributed by atoms with Crippen molar-refractivity contribution in [3.05, 3.63) is 75.4 Å². The number of halogens is 5. The summed E-state index contributed by atoms with van der Waals surface area (Å²) in [6, 6.07) is 5.06. The van der Waals surface area contributed by atoms with Gasteiger partial charge in [0.2, 0.25) is 0 Å². The molecule has 4 heterocycles. The Hall–Kier alpha value is -3.63. The Morgan fingerprint density at radius 3 is 2.49 bits per heavy atom. The number of carboxylic acid groups (broad SMARTS) is 1. The molecule has 0 amide bonds. The molecular formula is C27H19Cl2F3N4O3. The Kier molecular flexibility index (Phi) is 6.27. The van der Waals surface area contributed by atoms with Crippen LogP contribution in [0.5, 0.6) is 0 Å². The number of fused-ring (bicyclic) bond motifs is 1. The van der Waals surface area contributed by atoms with Crippen LogP contribution in [0.4, 0.5) is 18.9 Å². The molecule has 0 radical (unpaired) electrons. The van der Waals surface area contributed by atoms with Crippen LogP contribution in [0.1, 0.15) is 46.1 Å². The fraction of sp³-hybridized carbons (Fsp3) is 0.259. The van der Waals surface area contributed by atoms with Gasteiger partial charge in [0.15, 0.2) is 0 Å². The number of aromatic nitrogens is 3. The van der Waals surface area contributed by atoms with Crippen molar-refractivity contribution in [3.8, 4) is 11.3 Å². The molecule has 7 nitrogen and oxygen atoms in total. The second kappa shape index (κ2) is 9.53. The summed E-state index contributed by atoms with van der Waals surface area (Å²) in [6.07, 6.45) is 4.28. The molecule has 1 aliphatic carbocycles. The zero-order valence-corrected chi connectivity index (χ0v) is 21.6. The molecule has 0 spiro atoms. The van der Waals surface area contributed by atoms with E-state index in [-0.39, 0.29) is 16.8 Å². The minimum Gasteiger partial charge on any atom is -0.477 e.